The van der Waals surface area contributed by atoms with E-state index in [0.29, 0.717) is 0 Å². The Labute approximate surface area is 117 Å². The fourth-order valence-electron chi connectivity index (χ4n) is 2.05. The molecule has 98 valence electrons. The summed E-state index contributed by atoms with van der Waals surface area (Å²) in [7, 11) is 2.00. The van der Waals surface area contributed by atoms with Crippen LogP contribution < -0.4 is 11.0 Å². The first kappa shape index (κ1) is 12.1. The lowest BCUT2D eigenvalue weighted by molar-refractivity contribution is 0.920. The van der Waals surface area contributed by atoms with Crippen molar-refractivity contribution in [1.82, 2.24) is 14.5 Å². The van der Waals surface area contributed by atoms with Crippen molar-refractivity contribution in [2.24, 2.45) is 7.05 Å². The number of imidazole rings is 1. The molecule has 5 nitrogen and oxygen atoms in total. The maximum Gasteiger partial charge on any atom is 0.323 e. The molecule has 0 amide bonds. The number of hydrogen-bond acceptors (Lipinski definition) is 2. The highest BCUT2D eigenvalue weighted by Crippen LogP contribution is 2.26. The molecule has 0 saturated heterocycles. The number of anilines is 1. The Morgan fingerprint density at radius 3 is 2.74 bits per heavy atom. The van der Waals surface area contributed by atoms with E-state index in [1.165, 1.54) is 5.56 Å². The summed E-state index contributed by atoms with van der Waals surface area (Å²) in [6, 6.07) is 5.87. The largest absolute Gasteiger partial charge is 0.380 e. The van der Waals surface area contributed by atoms with Crippen molar-refractivity contribution in [3.05, 3.63) is 51.1 Å². The van der Waals surface area contributed by atoms with Crippen molar-refractivity contribution >= 4 is 32.7 Å². The Balaban J connectivity index is 1.87. The van der Waals surface area contributed by atoms with E-state index in [0.717, 1.165) is 27.7 Å². The maximum atomic E-state index is 11.2. The highest BCUT2D eigenvalue weighted by molar-refractivity contribution is 9.10. The van der Waals surface area contributed by atoms with E-state index in [1.807, 2.05) is 29.9 Å². The summed E-state index contributed by atoms with van der Waals surface area (Å²) in [5, 5.41) is 3.35. The molecule has 0 atom stereocenters. The summed E-state index contributed by atoms with van der Waals surface area (Å²) in [6.07, 6.45) is 4.08. The van der Waals surface area contributed by atoms with Gasteiger partial charge in [-0.15, -0.1) is 0 Å². The zero-order valence-electron chi connectivity index (χ0n) is 10.3. The molecule has 0 aliphatic carbocycles. The second-order valence-electron chi connectivity index (χ2n) is 4.50. The Morgan fingerprint density at radius 1 is 1.32 bits per heavy atom. The van der Waals surface area contributed by atoms with E-state index in [2.05, 4.69) is 43.5 Å². The van der Waals surface area contributed by atoms with Gasteiger partial charge in [-0.1, -0.05) is 0 Å². The highest BCUT2D eigenvalue weighted by Gasteiger charge is 2.05. The van der Waals surface area contributed by atoms with Crippen molar-refractivity contribution in [3.8, 4) is 0 Å². The minimum atomic E-state index is -0.192. The van der Waals surface area contributed by atoms with Gasteiger partial charge in [0.15, 0.2) is 0 Å². The quantitative estimate of drug-likeness (QED) is 0.694. The number of benzene rings is 1. The van der Waals surface area contributed by atoms with Crippen LogP contribution in [0.25, 0.3) is 11.0 Å². The van der Waals surface area contributed by atoms with Gasteiger partial charge in [0, 0.05) is 30.5 Å². The molecular formula is C13H13BrN4O. The summed E-state index contributed by atoms with van der Waals surface area (Å²) in [5.41, 5.74) is 3.55. The van der Waals surface area contributed by atoms with Crippen molar-refractivity contribution < 1.29 is 0 Å². The number of H-pyrrole nitrogens is 2. The van der Waals surface area contributed by atoms with E-state index in [1.54, 1.807) is 0 Å². The molecule has 0 bridgehead atoms. The molecule has 2 heterocycles. The number of aromatic amines is 2. The summed E-state index contributed by atoms with van der Waals surface area (Å²) < 4.78 is 2.94. The average Bonchev–Trinajstić information content (AvgIpc) is 2.91. The van der Waals surface area contributed by atoms with Gasteiger partial charge in [-0.2, -0.15) is 0 Å². The summed E-state index contributed by atoms with van der Waals surface area (Å²) in [5.74, 6) is 0. The molecule has 0 aliphatic rings. The van der Waals surface area contributed by atoms with Gasteiger partial charge in [0.25, 0.3) is 0 Å². The monoisotopic (exact) mass is 320 g/mol. The Kier molecular flexibility index (Phi) is 2.94. The first-order valence-electron chi connectivity index (χ1n) is 5.88. The molecule has 0 unspecified atom stereocenters. The van der Waals surface area contributed by atoms with Crippen LogP contribution in [-0.2, 0) is 13.6 Å². The minimum Gasteiger partial charge on any atom is -0.380 e. The third-order valence-corrected chi connectivity index (χ3v) is 3.64. The van der Waals surface area contributed by atoms with Crippen LogP contribution in [0.15, 0.2) is 39.9 Å². The van der Waals surface area contributed by atoms with Crippen LogP contribution in [-0.4, -0.2) is 14.5 Å². The zero-order chi connectivity index (χ0) is 13.4. The lowest BCUT2D eigenvalue weighted by Gasteiger charge is -2.07. The number of nitrogens with one attached hydrogen (secondary N) is 3. The smallest absolute Gasteiger partial charge is 0.323 e. The van der Waals surface area contributed by atoms with Gasteiger partial charge in [-0.25, -0.2) is 4.79 Å². The van der Waals surface area contributed by atoms with Gasteiger partial charge in [0.2, 0.25) is 0 Å². The minimum absolute atomic E-state index is 0.192. The third-order valence-electron chi connectivity index (χ3n) is 2.98. The number of fused-ring (bicyclic) bond motifs is 1. The van der Waals surface area contributed by atoms with E-state index in [4.69, 9.17) is 0 Å². The lowest BCUT2D eigenvalue weighted by Crippen LogP contribution is -1.99. The fraction of sp³-hybridized carbons (Fsp3) is 0.154. The number of halogens is 1. The molecular weight excluding hydrogens is 308 g/mol. The lowest BCUT2D eigenvalue weighted by atomic mass is 10.2. The predicted molar refractivity (Wildman–Crippen MR) is 79.4 cm³/mol. The van der Waals surface area contributed by atoms with E-state index in [-0.39, 0.29) is 5.69 Å². The summed E-state index contributed by atoms with van der Waals surface area (Å²) in [4.78, 5) is 16.7. The van der Waals surface area contributed by atoms with Crippen molar-refractivity contribution in [2.75, 3.05) is 5.32 Å². The molecule has 0 saturated carbocycles. The first-order valence-corrected chi connectivity index (χ1v) is 6.67. The molecule has 3 aromatic rings. The molecule has 6 heteroatoms. The molecule has 2 aromatic heterocycles. The van der Waals surface area contributed by atoms with Crippen LogP contribution in [0.4, 0.5) is 5.69 Å². The van der Waals surface area contributed by atoms with E-state index >= 15 is 0 Å². The van der Waals surface area contributed by atoms with Gasteiger partial charge in [-0.05, 0) is 39.7 Å². The van der Waals surface area contributed by atoms with Gasteiger partial charge in [-0.3, -0.25) is 0 Å². The Bertz CT molecular complexity index is 783. The molecule has 19 heavy (non-hydrogen) atoms. The van der Waals surface area contributed by atoms with Crippen molar-refractivity contribution in [1.29, 1.82) is 0 Å². The average molecular weight is 321 g/mol. The van der Waals surface area contributed by atoms with Gasteiger partial charge < -0.3 is 19.9 Å². The van der Waals surface area contributed by atoms with E-state index in [9.17, 15) is 4.79 Å². The zero-order valence-corrected chi connectivity index (χ0v) is 11.9. The summed E-state index contributed by atoms with van der Waals surface area (Å²) in [6.45, 7) is 0.736. The topological polar surface area (TPSA) is 65.6 Å². The van der Waals surface area contributed by atoms with Gasteiger partial charge in [0.05, 0.1) is 16.7 Å². The second-order valence-corrected chi connectivity index (χ2v) is 5.35. The Hall–Kier alpha value is -1.95. The maximum absolute atomic E-state index is 11.2. The molecule has 0 radical (unpaired) electrons. The highest BCUT2D eigenvalue weighted by atomic mass is 79.9. The number of rotatable bonds is 3. The molecule has 3 rings (SSSR count). The molecule has 1 aromatic carbocycles. The second kappa shape index (κ2) is 4.62. The fourth-order valence-corrected chi connectivity index (χ4v) is 2.54. The SMILES string of the molecule is Cn1ccc(CNc2cc3[nH]c(=O)[nH]c3cc2Br)c1. The first-order chi connectivity index (χ1) is 9.11. The molecule has 0 aliphatic heterocycles. The molecule has 0 fully saturated rings. The van der Waals surface area contributed by atoms with Crippen molar-refractivity contribution in [3.63, 3.8) is 0 Å². The number of aryl methyl sites for hydroxylation is 1. The van der Waals surface area contributed by atoms with Crippen LogP contribution in [0.3, 0.4) is 0 Å². The van der Waals surface area contributed by atoms with Crippen LogP contribution in [0, 0.1) is 0 Å². The van der Waals surface area contributed by atoms with Gasteiger partial charge >= 0.3 is 5.69 Å². The van der Waals surface area contributed by atoms with Crippen LogP contribution >= 0.6 is 15.9 Å². The normalized spacial score (nSPS) is 11.1. The van der Waals surface area contributed by atoms with Crippen LogP contribution in [0.1, 0.15) is 5.56 Å². The van der Waals surface area contributed by atoms with E-state index < -0.39 is 0 Å². The van der Waals surface area contributed by atoms with Crippen LogP contribution in [0.5, 0.6) is 0 Å². The number of hydrogen-bond donors (Lipinski definition) is 3. The van der Waals surface area contributed by atoms with Crippen molar-refractivity contribution in [2.45, 2.75) is 6.54 Å². The summed E-state index contributed by atoms with van der Waals surface area (Å²) >= 11 is 3.50. The van der Waals surface area contributed by atoms with Crippen LogP contribution in [0.2, 0.25) is 0 Å². The molecule has 0 spiro atoms. The number of aromatic nitrogens is 3. The van der Waals surface area contributed by atoms with Gasteiger partial charge in [0.1, 0.15) is 0 Å². The standard InChI is InChI=1S/C13H13BrN4O/c1-18-3-2-8(7-18)6-15-10-5-12-11(4-9(10)14)16-13(19)17-12/h2-5,7,15H,6H2,1H3,(H2,16,17,19). The molecule has 3 N–H and O–H groups in total. The third kappa shape index (κ3) is 2.44. The Morgan fingerprint density at radius 2 is 2.05 bits per heavy atom. The number of nitrogens with zero attached hydrogens (tertiary/aromatic N) is 1. The predicted octanol–water partition coefficient (Wildman–Crippen LogP) is 2.57.